The second kappa shape index (κ2) is 7.06. The Hall–Kier alpha value is -0.360. The van der Waals surface area contributed by atoms with Crippen LogP contribution in [0.2, 0.25) is 0 Å². The molecule has 0 bridgehead atoms. The summed E-state index contributed by atoms with van der Waals surface area (Å²) < 4.78 is 0. The molecule has 0 fully saturated rings. The van der Waals surface area contributed by atoms with E-state index in [1.54, 1.807) is 31.3 Å². The lowest BCUT2D eigenvalue weighted by Gasteiger charge is -2.25. The van der Waals surface area contributed by atoms with E-state index in [4.69, 9.17) is 5.73 Å². The lowest BCUT2D eigenvalue weighted by Crippen LogP contribution is -2.49. The molecule has 0 aliphatic carbocycles. The Morgan fingerprint density at radius 2 is 2.12 bits per heavy atom. The first-order chi connectivity index (χ1) is 6.41. The second-order valence-corrected chi connectivity index (χ2v) is 4.58. The van der Waals surface area contributed by atoms with Gasteiger partial charge >= 0.3 is 0 Å². The molecule has 0 aliphatic rings. The predicted octanol–water partition coefficient (Wildman–Crippen LogP) is 1.68. The smallest absolute Gasteiger partial charge is 0.242 e. The van der Waals surface area contributed by atoms with Crippen LogP contribution >= 0.6 is 36.2 Å². The zero-order valence-electron chi connectivity index (χ0n) is 9.47. The van der Waals surface area contributed by atoms with Crippen LogP contribution in [0, 0.1) is 0 Å². The third-order valence-electron chi connectivity index (χ3n) is 1.78. The van der Waals surface area contributed by atoms with E-state index in [9.17, 15) is 4.79 Å². The molecule has 0 aliphatic heterocycles. The van der Waals surface area contributed by atoms with Crippen LogP contribution in [0.3, 0.4) is 0 Å². The standard InChI is InChI=1S/C9H15N3OS.2ClH/c1-9(2,10)8(13)12(3)4-7-5-14-6-11-7;;/h5-6H,4,10H2,1-3H3;2*1H. The van der Waals surface area contributed by atoms with Gasteiger partial charge in [0.25, 0.3) is 0 Å². The van der Waals surface area contributed by atoms with E-state index in [0.29, 0.717) is 6.54 Å². The number of amides is 1. The summed E-state index contributed by atoms with van der Waals surface area (Å²) in [5, 5.41) is 1.92. The quantitative estimate of drug-likeness (QED) is 0.919. The molecule has 1 rings (SSSR count). The highest BCUT2D eigenvalue weighted by molar-refractivity contribution is 7.07. The summed E-state index contributed by atoms with van der Waals surface area (Å²) in [5.74, 6) is -0.0782. The zero-order valence-corrected chi connectivity index (χ0v) is 11.9. The summed E-state index contributed by atoms with van der Waals surface area (Å²) in [6, 6.07) is 0. The van der Waals surface area contributed by atoms with Crippen molar-refractivity contribution < 1.29 is 4.79 Å². The van der Waals surface area contributed by atoms with Gasteiger partial charge < -0.3 is 10.6 Å². The number of aromatic nitrogens is 1. The molecule has 16 heavy (non-hydrogen) atoms. The fourth-order valence-electron chi connectivity index (χ4n) is 1.12. The summed E-state index contributed by atoms with van der Waals surface area (Å²) in [7, 11) is 1.73. The minimum atomic E-state index is -0.815. The summed E-state index contributed by atoms with van der Waals surface area (Å²) >= 11 is 1.52. The van der Waals surface area contributed by atoms with Gasteiger partial charge in [0.2, 0.25) is 5.91 Å². The molecule has 0 spiro atoms. The van der Waals surface area contributed by atoms with Gasteiger partial charge in [-0.2, -0.15) is 0 Å². The number of thiazole rings is 1. The normalized spacial score (nSPS) is 10.0. The predicted molar refractivity (Wildman–Crippen MR) is 71.4 cm³/mol. The number of rotatable bonds is 3. The molecule has 4 nitrogen and oxygen atoms in total. The monoisotopic (exact) mass is 285 g/mol. The van der Waals surface area contributed by atoms with Crippen LogP contribution in [0.5, 0.6) is 0 Å². The number of nitrogens with two attached hydrogens (primary N) is 1. The maximum absolute atomic E-state index is 11.7. The fourth-order valence-corrected chi connectivity index (χ4v) is 1.67. The van der Waals surface area contributed by atoms with Crippen molar-refractivity contribution in [1.29, 1.82) is 0 Å². The van der Waals surface area contributed by atoms with Gasteiger partial charge in [-0.15, -0.1) is 36.2 Å². The highest BCUT2D eigenvalue weighted by Crippen LogP contribution is 2.08. The second-order valence-electron chi connectivity index (χ2n) is 3.86. The number of hydrogen-bond donors (Lipinski definition) is 1. The first-order valence-corrected chi connectivity index (χ1v) is 5.27. The Morgan fingerprint density at radius 1 is 1.56 bits per heavy atom. The minimum Gasteiger partial charge on any atom is -0.338 e. The Bertz CT molecular complexity index is 311. The summed E-state index contributed by atoms with van der Waals surface area (Å²) in [6.07, 6.45) is 0. The SMILES string of the molecule is CN(Cc1cscn1)C(=O)C(C)(C)N.Cl.Cl. The van der Waals surface area contributed by atoms with Crippen molar-refractivity contribution in [3.8, 4) is 0 Å². The Labute approximate surface area is 112 Å². The van der Waals surface area contributed by atoms with Gasteiger partial charge in [-0.3, -0.25) is 4.79 Å². The molecule has 0 saturated heterocycles. The van der Waals surface area contributed by atoms with E-state index < -0.39 is 5.54 Å². The molecule has 7 heteroatoms. The summed E-state index contributed by atoms with van der Waals surface area (Å²) in [5.41, 5.74) is 7.53. The first-order valence-electron chi connectivity index (χ1n) is 4.33. The van der Waals surface area contributed by atoms with Gasteiger partial charge in [-0.05, 0) is 13.8 Å². The Kier molecular flexibility index (Phi) is 7.95. The minimum absolute atomic E-state index is 0. The van der Waals surface area contributed by atoms with Gasteiger partial charge in [-0.25, -0.2) is 4.98 Å². The number of carbonyl (C=O) groups excluding carboxylic acids is 1. The van der Waals surface area contributed by atoms with E-state index in [1.807, 2.05) is 5.38 Å². The van der Waals surface area contributed by atoms with E-state index in [2.05, 4.69) is 4.98 Å². The molecular formula is C9H17Cl2N3OS. The zero-order chi connectivity index (χ0) is 10.8. The maximum atomic E-state index is 11.7. The van der Waals surface area contributed by atoms with Crippen molar-refractivity contribution in [2.24, 2.45) is 5.73 Å². The fraction of sp³-hybridized carbons (Fsp3) is 0.556. The van der Waals surface area contributed by atoms with Gasteiger partial charge in [-0.1, -0.05) is 0 Å². The summed E-state index contributed by atoms with van der Waals surface area (Å²) in [6.45, 7) is 3.92. The summed E-state index contributed by atoms with van der Waals surface area (Å²) in [4.78, 5) is 17.4. The molecule has 2 N–H and O–H groups in total. The van der Waals surface area contributed by atoms with Crippen LogP contribution in [0.1, 0.15) is 19.5 Å². The third-order valence-corrected chi connectivity index (χ3v) is 2.42. The highest BCUT2D eigenvalue weighted by atomic mass is 35.5. The maximum Gasteiger partial charge on any atom is 0.242 e. The third kappa shape index (κ3) is 5.12. The van der Waals surface area contributed by atoms with Crippen molar-refractivity contribution in [3.05, 3.63) is 16.6 Å². The molecular weight excluding hydrogens is 269 g/mol. The van der Waals surface area contributed by atoms with E-state index in [-0.39, 0.29) is 30.7 Å². The van der Waals surface area contributed by atoms with Crippen molar-refractivity contribution in [1.82, 2.24) is 9.88 Å². The van der Waals surface area contributed by atoms with Crippen LogP contribution in [0.15, 0.2) is 10.9 Å². The molecule has 0 aromatic carbocycles. The number of nitrogens with zero attached hydrogens (tertiary/aromatic N) is 2. The van der Waals surface area contributed by atoms with E-state index >= 15 is 0 Å². The number of hydrogen-bond acceptors (Lipinski definition) is 4. The number of halogens is 2. The molecule has 0 saturated carbocycles. The van der Waals surface area contributed by atoms with Crippen LogP contribution in [-0.4, -0.2) is 28.4 Å². The van der Waals surface area contributed by atoms with Crippen LogP contribution < -0.4 is 5.73 Å². The average molecular weight is 286 g/mol. The van der Waals surface area contributed by atoms with Gasteiger partial charge in [0.05, 0.1) is 23.3 Å². The van der Waals surface area contributed by atoms with Crippen molar-refractivity contribution >= 4 is 42.1 Å². The number of likely N-dealkylation sites (N-methyl/N-ethyl adjacent to an activating group) is 1. The lowest BCUT2D eigenvalue weighted by atomic mass is 10.1. The molecule has 1 aromatic heterocycles. The van der Waals surface area contributed by atoms with Crippen molar-refractivity contribution in [2.75, 3.05) is 7.05 Å². The van der Waals surface area contributed by atoms with Crippen LogP contribution in [0.4, 0.5) is 0 Å². The van der Waals surface area contributed by atoms with Crippen LogP contribution in [0.25, 0.3) is 0 Å². The van der Waals surface area contributed by atoms with Crippen molar-refractivity contribution in [3.63, 3.8) is 0 Å². The molecule has 94 valence electrons. The molecule has 1 aromatic rings. The van der Waals surface area contributed by atoms with Gasteiger partial charge in [0.15, 0.2) is 0 Å². The van der Waals surface area contributed by atoms with E-state index in [1.165, 1.54) is 11.3 Å². The number of carbonyl (C=O) groups is 1. The largest absolute Gasteiger partial charge is 0.338 e. The molecule has 1 amide bonds. The molecule has 0 unspecified atom stereocenters. The Morgan fingerprint density at radius 3 is 2.50 bits per heavy atom. The topological polar surface area (TPSA) is 59.2 Å². The molecule has 1 heterocycles. The van der Waals surface area contributed by atoms with Crippen molar-refractivity contribution in [2.45, 2.75) is 25.9 Å². The first kappa shape index (κ1) is 18.0. The lowest BCUT2D eigenvalue weighted by molar-refractivity contribution is -0.135. The van der Waals surface area contributed by atoms with Crippen LogP contribution in [-0.2, 0) is 11.3 Å². The average Bonchev–Trinajstić information content (AvgIpc) is 2.53. The van der Waals surface area contributed by atoms with E-state index in [0.717, 1.165) is 5.69 Å². The Balaban J connectivity index is 0. The highest BCUT2D eigenvalue weighted by Gasteiger charge is 2.25. The molecule has 0 radical (unpaired) electrons. The van der Waals surface area contributed by atoms with Gasteiger partial charge in [0, 0.05) is 12.4 Å². The molecule has 0 atom stereocenters. The van der Waals surface area contributed by atoms with Gasteiger partial charge in [0.1, 0.15) is 0 Å².